The van der Waals surface area contributed by atoms with E-state index in [1.54, 1.807) is 16.3 Å². The summed E-state index contributed by atoms with van der Waals surface area (Å²) in [7, 11) is -1.83. The number of rotatable bonds is 4. The normalized spacial score (nSPS) is 25.3. The zero-order valence-corrected chi connectivity index (χ0v) is 47.0. The minimum absolute atomic E-state index is 0.00835. The van der Waals surface area contributed by atoms with E-state index in [9.17, 15) is 0 Å². The van der Waals surface area contributed by atoms with Crippen molar-refractivity contribution in [2.75, 3.05) is 14.7 Å². The van der Waals surface area contributed by atoms with Crippen molar-refractivity contribution < 1.29 is 0 Å². The summed E-state index contributed by atoms with van der Waals surface area (Å²) in [6, 6.07) is 47.6. The Morgan fingerprint density at radius 3 is 1.70 bits per heavy atom. The maximum atomic E-state index is 3.00. The van der Waals surface area contributed by atoms with Crippen LogP contribution in [0.25, 0.3) is 0 Å². The maximum Gasteiger partial charge on any atom is 0.252 e. The highest BCUT2D eigenvalue weighted by molar-refractivity contribution is 7.01. The van der Waals surface area contributed by atoms with E-state index in [0.717, 1.165) is 12.8 Å². The molecule has 4 atom stereocenters. The topological polar surface area (TPSA) is 9.72 Å². The average Bonchev–Trinajstić information content (AvgIpc) is 3.68. The standard InChI is InChI=1S/C66H80BN3Si/c1-60(2,3)43-25-29-47(30-26-43)68-55-32-28-46(62(7,8)9)38-52(55)67-53-42-49(71(13,14)15)41-51-59(53)70(65(12)35-21-22-36-66(51,65)44-23-17-16-18-24-44)57-40-48(39-56(68)58(57)67)69-54-31-27-45(61(4,5)6)37-50(54)63(10)33-19-20-34-64(63,69)11/h16-18,23-32,37-42H,19-22,33-36H2,1-15H3. The maximum absolute atomic E-state index is 3.00. The van der Waals surface area contributed by atoms with E-state index >= 15 is 0 Å². The summed E-state index contributed by atoms with van der Waals surface area (Å²) < 4.78 is 0. The summed E-state index contributed by atoms with van der Waals surface area (Å²) >= 11 is 0. The molecule has 5 heteroatoms. The molecule has 0 spiro atoms. The van der Waals surface area contributed by atoms with Gasteiger partial charge in [-0.1, -0.05) is 199 Å². The molecular weight excluding hydrogens is 874 g/mol. The van der Waals surface area contributed by atoms with E-state index < -0.39 is 8.07 Å². The first-order chi connectivity index (χ1) is 33.3. The predicted octanol–water partition coefficient (Wildman–Crippen LogP) is 15.2. The van der Waals surface area contributed by atoms with Gasteiger partial charge in [-0.3, -0.25) is 0 Å². The molecule has 12 rings (SSSR count). The van der Waals surface area contributed by atoms with Crippen molar-refractivity contribution in [2.24, 2.45) is 0 Å². The third-order valence-corrected chi connectivity index (χ3v) is 21.7. The molecule has 4 heterocycles. The van der Waals surface area contributed by atoms with Gasteiger partial charge in [0.15, 0.2) is 0 Å². The van der Waals surface area contributed by atoms with E-state index in [-0.39, 0.29) is 44.9 Å². The highest BCUT2D eigenvalue weighted by Gasteiger charge is 2.65. The molecule has 0 radical (unpaired) electrons. The lowest BCUT2D eigenvalue weighted by Crippen LogP contribution is -2.65. The minimum atomic E-state index is -1.83. The Labute approximate surface area is 429 Å². The molecule has 0 amide bonds. The molecule has 0 aromatic heterocycles. The van der Waals surface area contributed by atoms with Crippen LogP contribution < -0.4 is 36.3 Å². The van der Waals surface area contributed by atoms with Gasteiger partial charge < -0.3 is 14.7 Å². The molecule has 71 heavy (non-hydrogen) atoms. The second-order valence-corrected chi connectivity index (χ2v) is 33.0. The molecule has 6 aromatic carbocycles. The first kappa shape index (κ1) is 47.0. The summed E-state index contributed by atoms with van der Waals surface area (Å²) in [6.07, 6.45) is 9.65. The van der Waals surface area contributed by atoms with Crippen molar-refractivity contribution in [2.45, 2.75) is 192 Å². The van der Waals surface area contributed by atoms with Crippen LogP contribution in [0.15, 0.2) is 115 Å². The lowest BCUT2D eigenvalue weighted by molar-refractivity contribution is 0.194. The lowest BCUT2D eigenvalue weighted by Gasteiger charge is -2.54. The fourth-order valence-electron chi connectivity index (χ4n) is 15.4. The molecule has 6 aliphatic rings. The Bertz CT molecular complexity index is 3160. The van der Waals surface area contributed by atoms with Gasteiger partial charge in [0.25, 0.3) is 6.71 Å². The fourth-order valence-corrected chi connectivity index (χ4v) is 16.5. The third-order valence-electron chi connectivity index (χ3n) is 19.7. The highest BCUT2D eigenvalue weighted by Crippen LogP contribution is 2.66. The average molecular weight is 954 g/mol. The van der Waals surface area contributed by atoms with Crippen molar-refractivity contribution in [1.82, 2.24) is 0 Å². The van der Waals surface area contributed by atoms with Crippen LogP contribution in [0.1, 0.15) is 168 Å². The van der Waals surface area contributed by atoms with Gasteiger partial charge in [0.05, 0.1) is 19.2 Å². The van der Waals surface area contributed by atoms with Gasteiger partial charge in [-0.2, -0.15) is 0 Å². The highest BCUT2D eigenvalue weighted by atomic mass is 28.3. The second-order valence-electron chi connectivity index (χ2n) is 27.9. The fraction of sp³-hybridized carbons (Fsp3) is 0.455. The third kappa shape index (κ3) is 6.39. The molecule has 3 nitrogen and oxygen atoms in total. The van der Waals surface area contributed by atoms with Crippen LogP contribution in [0.3, 0.4) is 0 Å². The molecule has 2 fully saturated rings. The second kappa shape index (κ2) is 15.1. The first-order valence-corrected chi connectivity index (χ1v) is 31.1. The van der Waals surface area contributed by atoms with Crippen LogP contribution >= 0.6 is 0 Å². The zero-order chi connectivity index (χ0) is 50.2. The van der Waals surface area contributed by atoms with Crippen LogP contribution in [0.4, 0.5) is 39.8 Å². The first-order valence-electron chi connectivity index (χ1n) is 27.6. The summed E-state index contributed by atoms with van der Waals surface area (Å²) in [6.45, 7) is 37.1. The number of benzene rings is 6. The molecule has 0 saturated heterocycles. The summed E-state index contributed by atoms with van der Waals surface area (Å²) in [4.78, 5) is 8.58. The number of anilines is 7. The molecule has 0 N–H and O–H groups in total. The van der Waals surface area contributed by atoms with Gasteiger partial charge in [-0.15, -0.1) is 0 Å². The molecule has 2 aliphatic carbocycles. The number of fused-ring (bicyclic) bond motifs is 10. The SMILES string of the molecule is CC(C)(C)c1ccc(N2c3ccc(C(C)(C)C)cc3B3c4cc([Si](C)(C)C)cc5c4N(c4cc(N6c7ccc(C(C)(C)C)cc7C7(C)CCCCC67C)cc2c43)C2(C)CCCCC52c2ccccc2)cc1. The van der Waals surface area contributed by atoms with E-state index in [1.807, 2.05) is 0 Å². The quantitative estimate of drug-likeness (QED) is 0.163. The Morgan fingerprint density at radius 1 is 0.479 bits per heavy atom. The van der Waals surface area contributed by atoms with Gasteiger partial charge in [-0.05, 0) is 142 Å². The predicted molar refractivity (Wildman–Crippen MR) is 310 cm³/mol. The summed E-state index contributed by atoms with van der Waals surface area (Å²) in [5.74, 6) is 0. The van der Waals surface area contributed by atoms with Crippen LogP contribution in [0.5, 0.6) is 0 Å². The monoisotopic (exact) mass is 954 g/mol. The van der Waals surface area contributed by atoms with Crippen molar-refractivity contribution in [1.29, 1.82) is 0 Å². The van der Waals surface area contributed by atoms with Crippen LogP contribution in [-0.4, -0.2) is 25.9 Å². The van der Waals surface area contributed by atoms with Crippen molar-refractivity contribution in [3.05, 3.63) is 149 Å². The molecule has 6 aromatic rings. The van der Waals surface area contributed by atoms with Gasteiger partial charge in [0.2, 0.25) is 0 Å². The smallest absolute Gasteiger partial charge is 0.252 e. The molecule has 0 bridgehead atoms. The Balaban J connectivity index is 1.24. The van der Waals surface area contributed by atoms with Crippen molar-refractivity contribution in [3.8, 4) is 0 Å². The Morgan fingerprint density at radius 2 is 1.06 bits per heavy atom. The Hall–Kier alpha value is -5.00. The van der Waals surface area contributed by atoms with E-state index in [2.05, 4.69) is 233 Å². The van der Waals surface area contributed by atoms with Gasteiger partial charge in [0.1, 0.15) is 0 Å². The lowest BCUT2D eigenvalue weighted by atomic mass is 9.33. The Kier molecular flexibility index (Phi) is 9.97. The van der Waals surface area contributed by atoms with E-state index in [4.69, 9.17) is 0 Å². The van der Waals surface area contributed by atoms with Crippen LogP contribution in [0, 0.1) is 0 Å². The molecule has 366 valence electrons. The summed E-state index contributed by atoms with van der Waals surface area (Å²) in [5, 5.41) is 1.58. The van der Waals surface area contributed by atoms with E-state index in [1.165, 1.54) is 117 Å². The largest absolute Gasteiger partial charge is 0.335 e. The van der Waals surface area contributed by atoms with Gasteiger partial charge in [0, 0.05) is 50.6 Å². The van der Waals surface area contributed by atoms with Crippen molar-refractivity contribution in [3.63, 3.8) is 0 Å². The number of nitrogens with zero attached hydrogens (tertiary/aromatic N) is 3. The molecule has 4 aliphatic heterocycles. The number of hydrogen-bond donors (Lipinski definition) is 0. The molecule has 4 unspecified atom stereocenters. The van der Waals surface area contributed by atoms with Crippen molar-refractivity contribution >= 4 is 76.2 Å². The van der Waals surface area contributed by atoms with Crippen LogP contribution in [0.2, 0.25) is 19.6 Å². The van der Waals surface area contributed by atoms with Gasteiger partial charge >= 0.3 is 0 Å². The molecule has 2 saturated carbocycles. The van der Waals surface area contributed by atoms with E-state index in [0.29, 0.717) is 0 Å². The number of hydrogen-bond acceptors (Lipinski definition) is 3. The van der Waals surface area contributed by atoms with Crippen LogP contribution in [-0.2, 0) is 27.1 Å². The summed E-state index contributed by atoms with van der Waals surface area (Å²) in [5.41, 5.74) is 22.4. The van der Waals surface area contributed by atoms with Gasteiger partial charge in [-0.25, -0.2) is 0 Å². The minimum Gasteiger partial charge on any atom is -0.335 e. The zero-order valence-electron chi connectivity index (χ0n) is 46.0. The molecular formula is C66H80BN3Si.